The van der Waals surface area contributed by atoms with Crippen LogP contribution in [0.3, 0.4) is 0 Å². The van der Waals surface area contributed by atoms with Crippen LogP contribution in [0.25, 0.3) is 0 Å². The molecule has 6 heteroatoms. The SMILES string of the molecule is COc1ccc(N2CC(O)(c3ccc(OC)c(OC)c3)[N+]3=C2CCCC3)cc1. The Kier molecular flexibility index (Phi) is 4.89. The van der Waals surface area contributed by atoms with Crippen molar-refractivity contribution in [2.45, 2.75) is 25.0 Å². The van der Waals surface area contributed by atoms with Gasteiger partial charge < -0.3 is 19.3 Å². The molecule has 2 heterocycles. The first-order chi connectivity index (χ1) is 13.6. The fraction of sp³-hybridized carbons (Fsp3) is 0.409. The minimum atomic E-state index is -1.12. The molecule has 148 valence electrons. The van der Waals surface area contributed by atoms with Gasteiger partial charge in [-0.3, -0.25) is 0 Å². The van der Waals surface area contributed by atoms with Crippen molar-refractivity contribution in [3.05, 3.63) is 48.0 Å². The molecule has 6 nitrogen and oxygen atoms in total. The summed E-state index contributed by atoms with van der Waals surface area (Å²) in [5.74, 6) is 3.26. The van der Waals surface area contributed by atoms with Gasteiger partial charge in [-0.25, -0.2) is 9.48 Å². The molecule has 0 fully saturated rings. The maximum Gasteiger partial charge on any atom is 0.271 e. The van der Waals surface area contributed by atoms with Crippen LogP contribution in [0.5, 0.6) is 17.2 Å². The Morgan fingerprint density at radius 2 is 1.68 bits per heavy atom. The van der Waals surface area contributed by atoms with Gasteiger partial charge in [0.1, 0.15) is 11.4 Å². The first-order valence-corrected chi connectivity index (χ1v) is 9.60. The van der Waals surface area contributed by atoms with E-state index in [2.05, 4.69) is 9.48 Å². The van der Waals surface area contributed by atoms with E-state index in [9.17, 15) is 5.11 Å². The highest BCUT2D eigenvalue weighted by molar-refractivity contribution is 5.96. The molecule has 0 saturated carbocycles. The van der Waals surface area contributed by atoms with Gasteiger partial charge in [0, 0.05) is 12.0 Å². The van der Waals surface area contributed by atoms with E-state index in [0.29, 0.717) is 18.0 Å². The summed E-state index contributed by atoms with van der Waals surface area (Å²) in [6.07, 6.45) is 3.14. The Morgan fingerprint density at radius 3 is 2.36 bits per heavy atom. The summed E-state index contributed by atoms with van der Waals surface area (Å²) in [7, 11) is 4.89. The Hall–Kier alpha value is -2.73. The third-order valence-corrected chi connectivity index (χ3v) is 5.71. The zero-order valence-electron chi connectivity index (χ0n) is 16.6. The molecule has 1 atom stereocenters. The number of aliphatic hydroxyl groups is 1. The summed E-state index contributed by atoms with van der Waals surface area (Å²) >= 11 is 0. The number of benzene rings is 2. The molecule has 0 amide bonds. The summed E-state index contributed by atoms with van der Waals surface area (Å²) in [6.45, 7) is 1.29. The molecule has 2 aliphatic rings. The Bertz CT molecular complexity index is 894. The van der Waals surface area contributed by atoms with Gasteiger partial charge >= 0.3 is 0 Å². The van der Waals surface area contributed by atoms with Gasteiger partial charge in [0.05, 0.1) is 27.9 Å². The zero-order chi connectivity index (χ0) is 19.7. The highest BCUT2D eigenvalue weighted by Crippen LogP contribution is 2.39. The Balaban J connectivity index is 1.76. The van der Waals surface area contributed by atoms with Crippen LogP contribution >= 0.6 is 0 Å². The summed E-state index contributed by atoms with van der Waals surface area (Å²) in [5, 5.41) is 11.8. The van der Waals surface area contributed by atoms with Crippen molar-refractivity contribution in [2.24, 2.45) is 0 Å². The number of hydrogen-bond donors (Lipinski definition) is 1. The first-order valence-electron chi connectivity index (χ1n) is 9.60. The quantitative estimate of drug-likeness (QED) is 0.805. The minimum absolute atomic E-state index is 0.462. The summed E-state index contributed by atoms with van der Waals surface area (Å²) in [6, 6.07) is 13.6. The van der Waals surface area contributed by atoms with Gasteiger partial charge in [-0.1, -0.05) is 0 Å². The highest BCUT2D eigenvalue weighted by Gasteiger charge is 2.52. The van der Waals surface area contributed by atoms with Crippen LogP contribution < -0.4 is 19.1 Å². The molecule has 0 spiro atoms. The number of methoxy groups -OCH3 is 3. The van der Waals surface area contributed by atoms with Crippen molar-refractivity contribution in [2.75, 3.05) is 39.3 Å². The van der Waals surface area contributed by atoms with E-state index in [1.54, 1.807) is 21.3 Å². The van der Waals surface area contributed by atoms with Crippen molar-refractivity contribution in [3.8, 4) is 17.2 Å². The standard InChI is InChI=1S/C22H27N2O4/c1-26-18-10-8-17(9-11-18)23-15-22(25,24-13-5-4-6-21(23)24)16-7-12-19(27-2)20(14-16)28-3/h7-12,14,25H,4-6,13,15H2,1-3H3/q+1. The molecule has 0 bridgehead atoms. The van der Waals surface area contributed by atoms with E-state index < -0.39 is 5.72 Å². The maximum absolute atomic E-state index is 11.8. The topological polar surface area (TPSA) is 54.2 Å². The molecular formula is C22H27N2O4+. The molecule has 0 saturated heterocycles. The zero-order valence-corrected chi connectivity index (χ0v) is 16.6. The fourth-order valence-corrected chi connectivity index (χ4v) is 4.23. The van der Waals surface area contributed by atoms with Gasteiger partial charge in [-0.05, 0) is 55.3 Å². The van der Waals surface area contributed by atoms with Crippen molar-refractivity contribution >= 4 is 11.5 Å². The lowest BCUT2D eigenvalue weighted by molar-refractivity contribution is -0.661. The number of β-amino-alcohol motifs (C(OH)–C–C–N with tert-alkyl or cyclic N) is 1. The van der Waals surface area contributed by atoms with Gasteiger partial charge in [0.15, 0.2) is 18.0 Å². The van der Waals surface area contributed by atoms with E-state index in [4.69, 9.17) is 14.2 Å². The van der Waals surface area contributed by atoms with Crippen LogP contribution in [-0.2, 0) is 5.72 Å². The predicted octanol–water partition coefficient (Wildman–Crippen LogP) is 2.97. The third kappa shape index (κ3) is 2.98. The number of nitrogens with zero attached hydrogens (tertiary/aromatic N) is 2. The average Bonchev–Trinajstić information content (AvgIpc) is 3.07. The van der Waals surface area contributed by atoms with Gasteiger partial charge in [-0.2, -0.15) is 0 Å². The molecule has 2 aromatic rings. The van der Waals surface area contributed by atoms with Crippen LogP contribution in [0.15, 0.2) is 42.5 Å². The van der Waals surface area contributed by atoms with E-state index in [1.165, 1.54) is 0 Å². The van der Waals surface area contributed by atoms with E-state index >= 15 is 0 Å². The highest BCUT2D eigenvalue weighted by atomic mass is 16.5. The van der Waals surface area contributed by atoms with Crippen LogP contribution in [0.4, 0.5) is 5.69 Å². The van der Waals surface area contributed by atoms with E-state index in [1.807, 2.05) is 42.5 Å². The molecule has 0 radical (unpaired) electrons. The molecule has 2 aromatic carbocycles. The molecule has 0 aliphatic carbocycles. The van der Waals surface area contributed by atoms with Crippen LogP contribution in [0.2, 0.25) is 0 Å². The average molecular weight is 383 g/mol. The monoisotopic (exact) mass is 383 g/mol. The van der Waals surface area contributed by atoms with Crippen LogP contribution in [0, 0.1) is 0 Å². The van der Waals surface area contributed by atoms with Gasteiger partial charge in [-0.15, -0.1) is 0 Å². The number of hydrogen-bond acceptors (Lipinski definition) is 5. The smallest absolute Gasteiger partial charge is 0.271 e. The van der Waals surface area contributed by atoms with Crippen molar-refractivity contribution in [1.82, 2.24) is 0 Å². The third-order valence-electron chi connectivity index (χ3n) is 5.71. The summed E-state index contributed by atoms with van der Waals surface area (Å²) < 4.78 is 18.2. The molecule has 1 N–H and O–H groups in total. The lowest BCUT2D eigenvalue weighted by Crippen LogP contribution is -2.41. The number of rotatable bonds is 5. The lowest BCUT2D eigenvalue weighted by atomic mass is 10.0. The van der Waals surface area contributed by atoms with Crippen LogP contribution in [0.1, 0.15) is 24.8 Å². The molecule has 2 aliphatic heterocycles. The van der Waals surface area contributed by atoms with E-state index in [-0.39, 0.29) is 0 Å². The van der Waals surface area contributed by atoms with Gasteiger partial charge in [0.2, 0.25) is 0 Å². The summed E-state index contributed by atoms with van der Waals surface area (Å²) in [4.78, 5) is 2.22. The maximum atomic E-state index is 11.8. The van der Waals surface area contributed by atoms with Gasteiger partial charge in [0.25, 0.3) is 11.6 Å². The largest absolute Gasteiger partial charge is 0.497 e. The fourth-order valence-electron chi connectivity index (χ4n) is 4.23. The predicted molar refractivity (Wildman–Crippen MR) is 108 cm³/mol. The molecule has 1 unspecified atom stereocenters. The number of ether oxygens (including phenoxy) is 3. The first kappa shape index (κ1) is 18.6. The molecule has 4 rings (SSSR count). The Morgan fingerprint density at radius 1 is 0.929 bits per heavy atom. The van der Waals surface area contributed by atoms with Crippen molar-refractivity contribution in [1.29, 1.82) is 0 Å². The molecule has 28 heavy (non-hydrogen) atoms. The Labute approximate surface area is 165 Å². The second-order valence-corrected chi connectivity index (χ2v) is 7.20. The van der Waals surface area contributed by atoms with Crippen LogP contribution in [-0.4, -0.2) is 49.9 Å². The lowest BCUT2D eigenvalue weighted by Gasteiger charge is -2.25. The second-order valence-electron chi connectivity index (χ2n) is 7.20. The summed E-state index contributed by atoms with van der Waals surface area (Å²) in [5.41, 5.74) is 0.745. The minimum Gasteiger partial charge on any atom is -0.497 e. The van der Waals surface area contributed by atoms with Crippen molar-refractivity contribution < 1.29 is 23.9 Å². The van der Waals surface area contributed by atoms with E-state index in [0.717, 1.165) is 48.6 Å². The number of amidine groups is 1. The normalized spacial score (nSPS) is 21.5. The molecular weight excluding hydrogens is 356 g/mol. The number of anilines is 1. The second kappa shape index (κ2) is 7.36. The van der Waals surface area contributed by atoms with Crippen molar-refractivity contribution in [3.63, 3.8) is 0 Å². The molecule has 0 aromatic heterocycles.